The van der Waals surface area contributed by atoms with Gasteiger partial charge in [0.05, 0.1) is 66.6 Å². The molecule has 1 aliphatic carbocycles. The highest BCUT2D eigenvalue weighted by molar-refractivity contribution is 7.10. The Hall–Kier alpha value is -4.99. The molecule has 4 aromatic rings. The van der Waals surface area contributed by atoms with Crippen molar-refractivity contribution in [2.45, 2.75) is 121 Å². The van der Waals surface area contributed by atoms with E-state index in [1.165, 1.54) is 28.0 Å². The zero-order valence-electron chi connectivity index (χ0n) is 40.1. The van der Waals surface area contributed by atoms with Crippen LogP contribution in [0, 0.1) is 11.3 Å². The first-order chi connectivity index (χ1) is 33.5. The number of aromatic nitrogens is 3. The number of carbonyl (C=O) groups is 4. The van der Waals surface area contributed by atoms with Crippen molar-refractivity contribution in [2.24, 2.45) is 11.3 Å². The molecule has 5 fully saturated rings. The van der Waals surface area contributed by atoms with Crippen molar-refractivity contribution in [2.75, 3.05) is 59.6 Å². The third-order valence-corrected chi connectivity index (χ3v) is 15.8. The summed E-state index contributed by atoms with van der Waals surface area (Å²) in [6, 6.07) is 6.19. The van der Waals surface area contributed by atoms with Gasteiger partial charge in [0.2, 0.25) is 11.8 Å². The number of nitrogens with one attached hydrogen (secondary N) is 3. The molecule has 376 valence electrons. The molecule has 70 heavy (non-hydrogen) atoms. The van der Waals surface area contributed by atoms with Gasteiger partial charge in [-0.05, 0) is 74.8 Å². The molecule has 5 atom stereocenters. The van der Waals surface area contributed by atoms with Gasteiger partial charge in [0, 0.05) is 78.7 Å². The standard InChI is InChI=1S/C50H62F3N9O7S/c1-29(67-4)41-32(11-7-15-54-41)43-34-21-48(2,3)28-68-47(66)35-12-8-16-62(58-35)46(65)36(20-40-56-38(23-70-40)31-13-14-39(33(34)19-31)61(43)27-50(51,52)53)57-44(63)42(30-9-5-6-10-30)59-17-18-69-49(24-59)25-60(26-49)45(64)37-22-55-37/h7,11,13-15,19,23,29-30,35-37,42,55,58H,5-6,8-10,12,16-18,20-22,24-28H2,1-4H3,(H,57,63)/t29-,35-,36-,37+,42?/m0/s1. The van der Waals surface area contributed by atoms with Crippen molar-refractivity contribution in [1.29, 1.82) is 0 Å². The topological polar surface area (TPSA) is 182 Å². The summed E-state index contributed by atoms with van der Waals surface area (Å²) in [4.78, 5) is 70.3. The number of hydrazine groups is 1. The van der Waals surface area contributed by atoms with Gasteiger partial charge in [0.25, 0.3) is 5.91 Å². The third kappa shape index (κ3) is 9.95. The van der Waals surface area contributed by atoms with Gasteiger partial charge < -0.3 is 34.3 Å². The Morgan fingerprint density at radius 2 is 1.86 bits per heavy atom. The van der Waals surface area contributed by atoms with Gasteiger partial charge in [0.1, 0.15) is 24.2 Å². The molecule has 10 rings (SSSR count). The zero-order valence-corrected chi connectivity index (χ0v) is 40.9. The molecule has 20 heteroatoms. The minimum Gasteiger partial charge on any atom is -0.464 e. The summed E-state index contributed by atoms with van der Waals surface area (Å²) in [5, 5.41) is 10.7. The predicted octanol–water partition coefficient (Wildman–Crippen LogP) is 5.19. The van der Waals surface area contributed by atoms with E-state index in [2.05, 4.69) is 25.9 Å². The van der Waals surface area contributed by atoms with Crippen LogP contribution in [0.25, 0.3) is 33.4 Å². The first-order valence-electron chi connectivity index (χ1n) is 24.6. The number of pyridine rings is 1. The number of morpholine rings is 1. The number of likely N-dealkylation sites (tertiary alicyclic amines) is 1. The van der Waals surface area contributed by atoms with Crippen LogP contribution in [-0.2, 0) is 52.8 Å². The number of fused-ring (bicyclic) bond motifs is 6. The lowest BCUT2D eigenvalue weighted by Crippen LogP contribution is -2.73. The van der Waals surface area contributed by atoms with Crippen molar-refractivity contribution in [3.8, 4) is 22.5 Å². The molecular weight excluding hydrogens is 928 g/mol. The molecule has 1 aromatic carbocycles. The van der Waals surface area contributed by atoms with Gasteiger partial charge in [-0.15, -0.1) is 11.3 Å². The summed E-state index contributed by atoms with van der Waals surface area (Å²) < 4.78 is 63.5. The van der Waals surface area contributed by atoms with Gasteiger partial charge in [0.15, 0.2) is 0 Å². The predicted molar refractivity (Wildman–Crippen MR) is 254 cm³/mol. The SMILES string of the molecule is CO[C@@H](C)c1ncccc1-c1c2c3cc(ccc3n1CC(F)(F)F)-c1csc(n1)C[C@H](NC(=O)C(C1CCCC1)N1CCOC3(CN(C(=O)[C@H]4CN4)C3)C1)C(=O)N1CCC[C@H](N1)C(=O)OCC(C)(C)C2. The minimum absolute atomic E-state index is 0.0501. The van der Waals surface area contributed by atoms with Crippen LogP contribution in [0.1, 0.15) is 81.7 Å². The first kappa shape index (κ1) is 48.6. The van der Waals surface area contributed by atoms with Crippen molar-refractivity contribution >= 4 is 45.9 Å². The van der Waals surface area contributed by atoms with Crippen molar-refractivity contribution in [3.63, 3.8) is 0 Å². The molecule has 8 heterocycles. The minimum atomic E-state index is -4.58. The average Bonchev–Trinajstić information content (AvgIpc) is 3.71. The molecule has 4 saturated heterocycles. The molecule has 5 aliphatic heterocycles. The van der Waals surface area contributed by atoms with Gasteiger partial charge >= 0.3 is 12.1 Å². The van der Waals surface area contributed by atoms with E-state index >= 15 is 0 Å². The van der Waals surface area contributed by atoms with Gasteiger partial charge in [-0.3, -0.25) is 34.1 Å². The number of thiazole rings is 1. The van der Waals surface area contributed by atoms with Crippen molar-refractivity contribution in [1.82, 2.24) is 45.4 Å². The second-order valence-corrected chi connectivity index (χ2v) is 21.8. The van der Waals surface area contributed by atoms with Gasteiger partial charge in [-0.2, -0.15) is 13.2 Å². The molecule has 3 amide bonds. The zero-order chi connectivity index (χ0) is 49.1. The number of carbonyl (C=O) groups excluding carboxylic acids is 4. The van der Waals surface area contributed by atoms with Crippen LogP contribution in [0.5, 0.6) is 0 Å². The quantitative estimate of drug-likeness (QED) is 0.148. The highest BCUT2D eigenvalue weighted by atomic mass is 32.1. The van der Waals surface area contributed by atoms with Crippen LogP contribution in [0.3, 0.4) is 0 Å². The highest BCUT2D eigenvalue weighted by Crippen LogP contribution is 2.43. The molecular formula is C50H62F3N9O7S. The summed E-state index contributed by atoms with van der Waals surface area (Å²) in [7, 11) is 1.53. The fourth-order valence-electron chi connectivity index (χ4n) is 11.3. The maximum atomic E-state index is 15.0. The maximum Gasteiger partial charge on any atom is 0.406 e. The monoisotopic (exact) mass is 989 g/mol. The van der Waals surface area contributed by atoms with Crippen LogP contribution < -0.4 is 16.1 Å². The number of ether oxygens (including phenoxy) is 3. The Labute approximate surface area is 408 Å². The van der Waals surface area contributed by atoms with Gasteiger partial charge in [-0.1, -0.05) is 32.8 Å². The van der Waals surface area contributed by atoms with E-state index in [1.807, 2.05) is 30.2 Å². The summed E-state index contributed by atoms with van der Waals surface area (Å²) >= 11 is 1.33. The number of amides is 3. The Balaban J connectivity index is 1.01. The number of nitrogens with zero attached hydrogens (tertiary/aromatic N) is 6. The van der Waals surface area contributed by atoms with Crippen LogP contribution in [0.2, 0.25) is 0 Å². The first-order valence-corrected chi connectivity index (χ1v) is 25.5. The lowest BCUT2D eigenvalue weighted by Gasteiger charge is -2.55. The lowest BCUT2D eigenvalue weighted by atomic mass is 9.84. The summed E-state index contributed by atoms with van der Waals surface area (Å²) in [6.07, 6.45) is 1.38. The number of rotatable bonds is 9. The van der Waals surface area contributed by atoms with E-state index in [0.717, 1.165) is 25.7 Å². The normalized spacial score (nSPS) is 25.0. The summed E-state index contributed by atoms with van der Waals surface area (Å²) in [5.41, 5.74) is 5.35. The number of hydrogen-bond donors (Lipinski definition) is 3. The van der Waals surface area contributed by atoms with Crippen molar-refractivity contribution in [3.05, 3.63) is 58.2 Å². The van der Waals surface area contributed by atoms with E-state index in [9.17, 15) is 32.3 Å². The van der Waals surface area contributed by atoms with Crippen LogP contribution in [-0.4, -0.2) is 149 Å². The summed E-state index contributed by atoms with van der Waals surface area (Å²) in [6.45, 7) is 7.62. The van der Waals surface area contributed by atoms with Crippen LogP contribution >= 0.6 is 11.3 Å². The third-order valence-electron chi connectivity index (χ3n) is 14.9. The molecule has 3 N–H and O–H groups in total. The molecule has 1 saturated carbocycles. The van der Waals surface area contributed by atoms with E-state index in [-0.39, 0.29) is 43.2 Å². The second-order valence-electron chi connectivity index (χ2n) is 20.9. The molecule has 6 aliphatic rings. The summed E-state index contributed by atoms with van der Waals surface area (Å²) in [5.74, 6) is -1.10. The Kier molecular flexibility index (Phi) is 13.3. The van der Waals surface area contributed by atoms with E-state index in [0.29, 0.717) is 108 Å². The second kappa shape index (κ2) is 19.2. The molecule has 0 radical (unpaired) electrons. The highest BCUT2D eigenvalue weighted by Gasteiger charge is 2.53. The number of alkyl halides is 3. The average molecular weight is 990 g/mol. The van der Waals surface area contributed by atoms with Crippen molar-refractivity contribution < 1.29 is 46.6 Å². The van der Waals surface area contributed by atoms with Crippen LogP contribution in [0.15, 0.2) is 41.9 Å². The van der Waals surface area contributed by atoms with E-state index < -0.39 is 59.8 Å². The molecule has 6 bridgehead atoms. The molecule has 16 nitrogen and oxygen atoms in total. The number of halogens is 3. The Morgan fingerprint density at radius 1 is 1.07 bits per heavy atom. The number of methoxy groups -OCH3 is 1. The number of hydrogen-bond acceptors (Lipinski definition) is 13. The fraction of sp³-hybridized carbons (Fsp3) is 0.600. The van der Waals surface area contributed by atoms with Gasteiger partial charge in [-0.25, -0.2) is 10.4 Å². The lowest BCUT2D eigenvalue weighted by molar-refractivity contribution is -0.197. The number of esters is 1. The largest absolute Gasteiger partial charge is 0.464 e. The van der Waals surface area contributed by atoms with E-state index in [4.69, 9.17) is 19.2 Å². The molecule has 3 aromatic heterocycles. The Bertz CT molecular complexity index is 2640. The number of benzene rings is 1. The number of cyclic esters (lactones) is 1. The van der Waals surface area contributed by atoms with Crippen LogP contribution in [0.4, 0.5) is 13.2 Å². The maximum absolute atomic E-state index is 15.0. The van der Waals surface area contributed by atoms with E-state index in [1.54, 1.807) is 37.4 Å². The Morgan fingerprint density at radius 3 is 2.60 bits per heavy atom. The molecule has 1 spiro atoms. The molecule has 1 unspecified atom stereocenters. The smallest absolute Gasteiger partial charge is 0.406 e. The fourth-order valence-corrected chi connectivity index (χ4v) is 12.2.